The van der Waals surface area contributed by atoms with Gasteiger partial charge < -0.3 is 10.1 Å². The number of anilines is 1. The average Bonchev–Trinajstić information content (AvgIpc) is 2.99. The zero-order valence-corrected chi connectivity index (χ0v) is 13.2. The van der Waals surface area contributed by atoms with Gasteiger partial charge in [-0.1, -0.05) is 0 Å². The van der Waals surface area contributed by atoms with Crippen LogP contribution in [0.5, 0.6) is 0 Å². The molecule has 114 valence electrons. The molecule has 22 heavy (non-hydrogen) atoms. The fraction of sp³-hybridized carbons (Fsp3) is 0.294. The molecule has 0 aliphatic heterocycles. The Balaban J connectivity index is 1.71. The molecule has 1 aromatic carbocycles. The molecular formula is C17H17NO3S. The first-order valence-corrected chi connectivity index (χ1v) is 8.10. The lowest BCUT2D eigenvalue weighted by Crippen LogP contribution is -2.10. The number of hydrogen-bond acceptors (Lipinski definition) is 4. The third kappa shape index (κ3) is 3.04. The van der Waals surface area contributed by atoms with Gasteiger partial charge in [-0.05, 0) is 61.6 Å². The van der Waals surface area contributed by atoms with Gasteiger partial charge in [-0.3, -0.25) is 4.79 Å². The van der Waals surface area contributed by atoms with Crippen molar-refractivity contribution in [3.05, 3.63) is 51.2 Å². The van der Waals surface area contributed by atoms with Crippen molar-refractivity contribution in [2.24, 2.45) is 0 Å². The fourth-order valence-electron chi connectivity index (χ4n) is 2.60. The van der Waals surface area contributed by atoms with Crippen LogP contribution in [0.1, 0.15) is 43.3 Å². The summed E-state index contributed by atoms with van der Waals surface area (Å²) in [5, 5.41) is 2.87. The van der Waals surface area contributed by atoms with Gasteiger partial charge in [0.1, 0.15) is 0 Å². The predicted octanol–water partition coefficient (Wildman–Crippen LogP) is 3.67. The summed E-state index contributed by atoms with van der Waals surface area (Å²) in [5.74, 6) is -0.478. The molecule has 1 N–H and O–H groups in total. The average molecular weight is 315 g/mol. The van der Waals surface area contributed by atoms with Crippen molar-refractivity contribution in [3.8, 4) is 0 Å². The number of aryl methyl sites for hydroxylation is 2. The van der Waals surface area contributed by atoms with Crippen LogP contribution in [-0.2, 0) is 17.6 Å². The summed E-state index contributed by atoms with van der Waals surface area (Å²) >= 11 is 1.59. The maximum Gasteiger partial charge on any atom is 0.337 e. The molecule has 0 saturated heterocycles. The van der Waals surface area contributed by atoms with Gasteiger partial charge in [-0.15, -0.1) is 11.3 Å². The van der Waals surface area contributed by atoms with Crippen molar-refractivity contribution in [2.45, 2.75) is 25.7 Å². The Labute approximate surface area is 133 Å². The molecule has 2 aromatic rings. The molecule has 4 nitrogen and oxygen atoms in total. The first-order chi connectivity index (χ1) is 10.7. The van der Waals surface area contributed by atoms with Crippen LogP contribution in [0, 0.1) is 0 Å². The van der Waals surface area contributed by atoms with Crippen LogP contribution in [0.2, 0.25) is 0 Å². The second kappa shape index (κ2) is 6.32. The molecule has 1 aromatic heterocycles. The number of ether oxygens (including phenoxy) is 1. The smallest absolute Gasteiger partial charge is 0.337 e. The molecule has 0 fully saturated rings. The highest BCUT2D eigenvalue weighted by atomic mass is 32.1. The molecule has 0 bridgehead atoms. The number of benzene rings is 1. The highest BCUT2D eigenvalue weighted by Gasteiger charge is 2.17. The van der Waals surface area contributed by atoms with Gasteiger partial charge in [0.05, 0.1) is 17.6 Å². The minimum atomic E-state index is -0.385. The second-order valence-electron chi connectivity index (χ2n) is 5.29. The minimum absolute atomic E-state index is 0.0924. The zero-order chi connectivity index (χ0) is 15.5. The molecule has 1 aliphatic carbocycles. The Kier molecular flexibility index (Phi) is 4.24. The predicted molar refractivity (Wildman–Crippen MR) is 86.7 cm³/mol. The molecular weight excluding hydrogens is 298 g/mol. The molecule has 0 saturated carbocycles. The zero-order valence-electron chi connectivity index (χ0n) is 12.3. The van der Waals surface area contributed by atoms with Gasteiger partial charge in [0.15, 0.2) is 0 Å². The fourth-order valence-corrected chi connectivity index (χ4v) is 3.75. The number of hydrogen-bond donors (Lipinski definition) is 1. The van der Waals surface area contributed by atoms with Crippen molar-refractivity contribution in [1.82, 2.24) is 0 Å². The lowest BCUT2D eigenvalue weighted by atomic mass is 9.99. The van der Waals surface area contributed by atoms with E-state index in [0.717, 1.165) is 17.7 Å². The molecule has 0 radical (unpaired) electrons. The molecule has 3 rings (SSSR count). The number of esters is 1. The monoisotopic (exact) mass is 315 g/mol. The molecule has 0 unspecified atom stereocenters. The van der Waals surface area contributed by atoms with Crippen molar-refractivity contribution in [2.75, 3.05) is 12.4 Å². The van der Waals surface area contributed by atoms with E-state index in [1.807, 2.05) is 6.07 Å². The van der Waals surface area contributed by atoms with E-state index in [-0.39, 0.29) is 11.9 Å². The quantitative estimate of drug-likeness (QED) is 0.879. The lowest BCUT2D eigenvalue weighted by molar-refractivity contribution is 0.0600. The lowest BCUT2D eigenvalue weighted by Gasteiger charge is -2.08. The van der Waals surface area contributed by atoms with Gasteiger partial charge in [-0.2, -0.15) is 0 Å². The van der Waals surface area contributed by atoms with Gasteiger partial charge in [0, 0.05) is 10.6 Å². The van der Waals surface area contributed by atoms with Gasteiger partial charge in [-0.25, -0.2) is 4.79 Å². The molecule has 1 aliphatic rings. The number of nitrogens with one attached hydrogen (secondary N) is 1. The summed E-state index contributed by atoms with van der Waals surface area (Å²) in [5.41, 5.74) is 2.46. The van der Waals surface area contributed by atoms with Crippen LogP contribution in [0.3, 0.4) is 0 Å². The number of carbonyl (C=O) groups is 2. The Morgan fingerprint density at radius 1 is 1.14 bits per heavy atom. The van der Waals surface area contributed by atoms with E-state index in [0.29, 0.717) is 11.3 Å². The van der Waals surface area contributed by atoms with E-state index in [2.05, 4.69) is 10.1 Å². The summed E-state index contributed by atoms with van der Waals surface area (Å²) in [7, 11) is 1.34. The molecule has 5 heteroatoms. The summed E-state index contributed by atoms with van der Waals surface area (Å²) in [6.07, 6.45) is 4.58. The summed E-state index contributed by atoms with van der Waals surface area (Å²) in [6, 6.07) is 8.70. The van der Waals surface area contributed by atoms with Crippen LogP contribution in [0.15, 0.2) is 30.3 Å². The van der Waals surface area contributed by atoms with Gasteiger partial charge in [0.2, 0.25) is 0 Å². The van der Waals surface area contributed by atoms with Crippen LogP contribution in [-0.4, -0.2) is 19.0 Å². The van der Waals surface area contributed by atoms with Crippen LogP contribution in [0.25, 0.3) is 0 Å². The van der Waals surface area contributed by atoms with E-state index in [4.69, 9.17) is 0 Å². The van der Waals surface area contributed by atoms with Crippen molar-refractivity contribution < 1.29 is 14.3 Å². The molecule has 1 heterocycles. The van der Waals surface area contributed by atoms with Crippen LogP contribution < -0.4 is 5.32 Å². The highest BCUT2D eigenvalue weighted by molar-refractivity contribution is 7.14. The van der Waals surface area contributed by atoms with Crippen LogP contribution >= 0.6 is 11.3 Å². The third-order valence-electron chi connectivity index (χ3n) is 3.78. The third-order valence-corrected chi connectivity index (χ3v) is 5.02. The molecule has 0 atom stereocenters. The number of rotatable bonds is 3. The summed E-state index contributed by atoms with van der Waals surface area (Å²) < 4.78 is 4.65. The highest BCUT2D eigenvalue weighted by Crippen LogP contribution is 2.30. The summed E-state index contributed by atoms with van der Waals surface area (Å²) in [6.45, 7) is 0. The van der Waals surface area contributed by atoms with E-state index in [9.17, 15) is 9.59 Å². The van der Waals surface area contributed by atoms with Crippen molar-refractivity contribution >= 4 is 28.9 Å². The standard InChI is InChI=1S/C17H17NO3S/c1-21-17(20)11-6-8-13(9-7-11)18-16(19)15-10-12-4-2-3-5-14(12)22-15/h6-10H,2-5H2,1H3,(H,18,19). The SMILES string of the molecule is COC(=O)c1ccc(NC(=O)c2cc3c(s2)CCCC3)cc1. The Morgan fingerprint density at radius 2 is 1.86 bits per heavy atom. The number of amides is 1. The summed E-state index contributed by atoms with van der Waals surface area (Å²) in [4.78, 5) is 25.8. The number of thiophene rings is 1. The van der Waals surface area contributed by atoms with E-state index in [1.54, 1.807) is 35.6 Å². The minimum Gasteiger partial charge on any atom is -0.465 e. The number of methoxy groups -OCH3 is 1. The van der Waals surface area contributed by atoms with Crippen molar-refractivity contribution in [3.63, 3.8) is 0 Å². The maximum atomic E-state index is 12.3. The van der Waals surface area contributed by atoms with E-state index >= 15 is 0 Å². The Bertz CT molecular complexity index is 680. The van der Waals surface area contributed by atoms with E-state index < -0.39 is 0 Å². The molecule has 0 spiro atoms. The van der Waals surface area contributed by atoms with Gasteiger partial charge >= 0.3 is 5.97 Å². The van der Waals surface area contributed by atoms with Crippen LogP contribution in [0.4, 0.5) is 5.69 Å². The normalized spacial score (nSPS) is 13.3. The Hall–Kier alpha value is -2.14. The van der Waals surface area contributed by atoms with Gasteiger partial charge in [0.25, 0.3) is 5.91 Å². The topological polar surface area (TPSA) is 55.4 Å². The number of carbonyl (C=O) groups excluding carboxylic acids is 2. The first-order valence-electron chi connectivity index (χ1n) is 7.28. The van der Waals surface area contributed by atoms with Crippen molar-refractivity contribution in [1.29, 1.82) is 0 Å². The molecule has 1 amide bonds. The first kappa shape index (κ1) is 14.8. The maximum absolute atomic E-state index is 12.3. The number of fused-ring (bicyclic) bond motifs is 1. The second-order valence-corrected chi connectivity index (χ2v) is 6.43. The largest absolute Gasteiger partial charge is 0.465 e. The Morgan fingerprint density at radius 3 is 2.55 bits per heavy atom. The van der Waals surface area contributed by atoms with E-state index in [1.165, 1.54) is 30.4 Å².